The molecule has 0 aliphatic heterocycles. The van der Waals surface area contributed by atoms with Crippen molar-refractivity contribution in [2.45, 2.75) is 6.92 Å². The molecule has 15 heavy (non-hydrogen) atoms. The third-order valence-corrected chi connectivity index (χ3v) is 2.30. The van der Waals surface area contributed by atoms with Gasteiger partial charge in [-0.25, -0.2) is 14.8 Å². The quantitative estimate of drug-likeness (QED) is 0.710. The van der Waals surface area contributed by atoms with Crippen LogP contribution >= 0.6 is 0 Å². The number of carbonyl (C=O) groups is 1. The van der Waals surface area contributed by atoms with Crippen LogP contribution < -0.4 is 5.73 Å². The predicted octanol–water partition coefficient (Wildman–Crippen LogP) is 0.557. The molecule has 0 saturated carbocycles. The van der Waals surface area contributed by atoms with Gasteiger partial charge in [0.15, 0.2) is 5.69 Å². The van der Waals surface area contributed by atoms with Crippen LogP contribution in [0.5, 0.6) is 0 Å². The molecule has 0 amide bonds. The lowest BCUT2D eigenvalue weighted by Gasteiger charge is -1.97. The van der Waals surface area contributed by atoms with Gasteiger partial charge in [-0.15, -0.1) is 0 Å². The summed E-state index contributed by atoms with van der Waals surface area (Å²) in [6, 6.07) is 0. The highest BCUT2D eigenvalue weighted by Crippen LogP contribution is 2.25. The van der Waals surface area contributed by atoms with E-state index < -0.39 is 5.97 Å². The Hall–Kier alpha value is -2.11. The molecule has 2 rings (SSSR count). The highest BCUT2D eigenvalue weighted by Gasteiger charge is 2.19. The summed E-state index contributed by atoms with van der Waals surface area (Å²) in [4.78, 5) is 19.1. The maximum absolute atomic E-state index is 10.9. The van der Waals surface area contributed by atoms with Gasteiger partial charge in [-0.1, -0.05) is 0 Å². The average Bonchev–Trinajstić information content (AvgIpc) is 2.39. The van der Waals surface area contributed by atoms with Crippen molar-refractivity contribution >= 4 is 22.7 Å². The number of aromatic nitrogens is 3. The van der Waals surface area contributed by atoms with Crippen molar-refractivity contribution in [3.63, 3.8) is 0 Å². The third kappa shape index (κ3) is 1.22. The van der Waals surface area contributed by atoms with Crippen LogP contribution in [0.25, 0.3) is 11.0 Å². The number of carboxylic acids is 1. The number of aromatic carboxylic acids is 1. The Morgan fingerprint density at radius 2 is 2.27 bits per heavy atom. The first-order chi connectivity index (χ1) is 7.02. The van der Waals surface area contributed by atoms with E-state index in [1.807, 2.05) is 0 Å². The largest absolute Gasteiger partial charge is 0.477 e. The highest BCUT2D eigenvalue weighted by atomic mass is 16.4. The molecule has 0 bridgehead atoms. The van der Waals surface area contributed by atoms with E-state index >= 15 is 0 Å². The summed E-state index contributed by atoms with van der Waals surface area (Å²) >= 11 is 0. The lowest BCUT2D eigenvalue weighted by molar-refractivity contribution is 0.0688. The first-order valence-corrected chi connectivity index (χ1v) is 4.33. The summed E-state index contributed by atoms with van der Waals surface area (Å²) in [6.07, 6.45) is 1.57. The number of carboxylic acid groups (broad SMARTS) is 1. The summed E-state index contributed by atoms with van der Waals surface area (Å²) in [5.41, 5.74) is 7.06. The van der Waals surface area contributed by atoms with Gasteiger partial charge in [0.25, 0.3) is 0 Å². The van der Waals surface area contributed by atoms with E-state index in [2.05, 4.69) is 9.97 Å². The number of aryl methyl sites for hydroxylation is 2. The van der Waals surface area contributed by atoms with Crippen molar-refractivity contribution in [3.05, 3.63) is 17.7 Å². The predicted molar refractivity (Wildman–Crippen MR) is 54.6 cm³/mol. The molecule has 0 aromatic carbocycles. The van der Waals surface area contributed by atoms with Crippen LogP contribution in [0.15, 0.2) is 6.20 Å². The monoisotopic (exact) mass is 206 g/mol. The second-order valence-corrected chi connectivity index (χ2v) is 3.28. The van der Waals surface area contributed by atoms with Gasteiger partial charge < -0.3 is 15.4 Å². The summed E-state index contributed by atoms with van der Waals surface area (Å²) in [5.74, 6) is -0.498. The molecular weight excluding hydrogens is 196 g/mol. The van der Waals surface area contributed by atoms with Crippen molar-refractivity contribution < 1.29 is 9.90 Å². The van der Waals surface area contributed by atoms with Crippen LogP contribution in [0.1, 0.15) is 16.3 Å². The number of fused-ring (bicyclic) bond motifs is 1. The summed E-state index contributed by atoms with van der Waals surface area (Å²) in [6.45, 7) is 1.73. The van der Waals surface area contributed by atoms with E-state index in [1.165, 1.54) is 4.57 Å². The Bertz CT molecular complexity index is 559. The summed E-state index contributed by atoms with van der Waals surface area (Å²) in [7, 11) is 1.63. The van der Waals surface area contributed by atoms with Gasteiger partial charge in [-0.3, -0.25) is 0 Å². The maximum atomic E-state index is 10.9. The molecule has 0 aliphatic carbocycles. The Morgan fingerprint density at radius 3 is 2.87 bits per heavy atom. The van der Waals surface area contributed by atoms with E-state index in [4.69, 9.17) is 10.8 Å². The molecule has 0 atom stereocenters. The van der Waals surface area contributed by atoms with Crippen molar-refractivity contribution in [3.8, 4) is 0 Å². The highest BCUT2D eigenvalue weighted by molar-refractivity contribution is 6.03. The number of nitrogen functional groups attached to an aromatic ring is 1. The van der Waals surface area contributed by atoms with Gasteiger partial charge in [0.1, 0.15) is 11.3 Å². The number of anilines is 1. The van der Waals surface area contributed by atoms with Crippen molar-refractivity contribution in [2.24, 2.45) is 7.05 Å². The lowest BCUT2D eigenvalue weighted by Crippen LogP contribution is -2.06. The van der Waals surface area contributed by atoms with E-state index in [1.54, 1.807) is 20.2 Å². The molecule has 0 radical (unpaired) electrons. The zero-order chi connectivity index (χ0) is 11.2. The van der Waals surface area contributed by atoms with E-state index in [0.717, 1.165) is 0 Å². The van der Waals surface area contributed by atoms with Crippen molar-refractivity contribution in [1.82, 2.24) is 14.5 Å². The number of hydrogen-bond donors (Lipinski definition) is 2. The second-order valence-electron chi connectivity index (χ2n) is 3.28. The summed E-state index contributed by atoms with van der Waals surface area (Å²) in [5, 5.41) is 8.97. The van der Waals surface area contributed by atoms with E-state index in [9.17, 15) is 4.79 Å². The van der Waals surface area contributed by atoms with Crippen LogP contribution in [0.2, 0.25) is 0 Å². The van der Waals surface area contributed by atoms with Crippen LogP contribution in [0.4, 0.5) is 5.69 Å². The zero-order valence-corrected chi connectivity index (χ0v) is 8.35. The van der Waals surface area contributed by atoms with Gasteiger partial charge in [0, 0.05) is 7.05 Å². The Labute approximate surface area is 85.4 Å². The lowest BCUT2D eigenvalue weighted by atomic mass is 10.3. The Kier molecular flexibility index (Phi) is 1.85. The van der Waals surface area contributed by atoms with Gasteiger partial charge in [0.05, 0.1) is 17.4 Å². The zero-order valence-electron chi connectivity index (χ0n) is 8.35. The minimum Gasteiger partial charge on any atom is -0.477 e. The first-order valence-electron chi connectivity index (χ1n) is 4.33. The molecule has 0 aliphatic rings. The van der Waals surface area contributed by atoms with Crippen LogP contribution in [-0.4, -0.2) is 25.6 Å². The van der Waals surface area contributed by atoms with Gasteiger partial charge in [-0.05, 0) is 6.92 Å². The minimum absolute atomic E-state index is 0.0462. The standard InChI is InChI=1S/C9H10N4O2/c1-4-11-3-5-7(12-4)6(10)8(9(14)15)13(5)2/h3H,10H2,1-2H3,(H,14,15). The van der Waals surface area contributed by atoms with Crippen LogP contribution in [0, 0.1) is 6.92 Å². The molecular formula is C9H10N4O2. The van der Waals surface area contributed by atoms with Crippen LogP contribution in [-0.2, 0) is 7.05 Å². The molecule has 6 nitrogen and oxygen atoms in total. The number of hydrogen-bond acceptors (Lipinski definition) is 4. The number of nitrogens with zero attached hydrogens (tertiary/aromatic N) is 3. The summed E-state index contributed by atoms with van der Waals surface area (Å²) < 4.78 is 1.48. The molecule has 3 N–H and O–H groups in total. The van der Waals surface area contributed by atoms with Crippen molar-refractivity contribution in [2.75, 3.05) is 5.73 Å². The number of nitrogens with two attached hydrogens (primary N) is 1. The first kappa shape index (κ1) is 9.45. The average molecular weight is 206 g/mol. The van der Waals surface area contributed by atoms with E-state index in [-0.39, 0.29) is 11.4 Å². The fraction of sp³-hybridized carbons (Fsp3) is 0.222. The molecule has 2 aromatic rings. The SMILES string of the molecule is Cc1ncc2c(n1)c(N)c(C(=O)O)n2C. The van der Waals surface area contributed by atoms with Crippen LogP contribution in [0.3, 0.4) is 0 Å². The minimum atomic E-state index is -1.06. The Balaban J connectivity index is 2.91. The molecule has 2 heterocycles. The molecule has 2 aromatic heterocycles. The van der Waals surface area contributed by atoms with Gasteiger partial charge >= 0.3 is 5.97 Å². The number of rotatable bonds is 1. The molecule has 0 fully saturated rings. The molecule has 0 saturated heterocycles. The molecule has 0 spiro atoms. The normalized spacial score (nSPS) is 10.8. The van der Waals surface area contributed by atoms with E-state index in [0.29, 0.717) is 16.9 Å². The maximum Gasteiger partial charge on any atom is 0.354 e. The van der Waals surface area contributed by atoms with Gasteiger partial charge in [0.2, 0.25) is 0 Å². The van der Waals surface area contributed by atoms with Crippen molar-refractivity contribution in [1.29, 1.82) is 0 Å². The molecule has 6 heteroatoms. The third-order valence-electron chi connectivity index (χ3n) is 2.30. The fourth-order valence-electron chi connectivity index (χ4n) is 1.58. The second kappa shape index (κ2) is 2.94. The van der Waals surface area contributed by atoms with Gasteiger partial charge in [-0.2, -0.15) is 0 Å². The topological polar surface area (TPSA) is 94.0 Å². The smallest absolute Gasteiger partial charge is 0.354 e. The molecule has 78 valence electrons. The fourth-order valence-corrected chi connectivity index (χ4v) is 1.58. The molecule has 0 unspecified atom stereocenters. The Morgan fingerprint density at radius 1 is 1.60 bits per heavy atom.